The Morgan fingerprint density at radius 2 is 1.84 bits per heavy atom. The van der Waals surface area contributed by atoms with Gasteiger partial charge in [-0.25, -0.2) is 8.42 Å². The average molecular weight is 475 g/mol. The van der Waals surface area contributed by atoms with E-state index in [9.17, 15) is 13.2 Å². The second kappa shape index (κ2) is 10.6. The summed E-state index contributed by atoms with van der Waals surface area (Å²) < 4.78 is 33.8. The number of hydrogen-bond acceptors (Lipinski definition) is 7. The summed E-state index contributed by atoms with van der Waals surface area (Å²) in [5.41, 5.74) is 1.68. The topological polar surface area (TPSA) is 110 Å². The van der Waals surface area contributed by atoms with Crippen molar-refractivity contribution in [3.63, 3.8) is 0 Å². The predicted octanol–water partition coefficient (Wildman–Crippen LogP) is 4.50. The largest absolute Gasteiger partial charge is 0.495 e. The van der Waals surface area contributed by atoms with Crippen molar-refractivity contribution < 1.29 is 17.9 Å². The second-order valence-corrected chi connectivity index (χ2v) is 9.79. The Kier molecular flexibility index (Phi) is 7.81. The van der Waals surface area contributed by atoms with Crippen molar-refractivity contribution in [3.05, 3.63) is 58.6 Å². The number of nitrogens with zero attached hydrogens (tertiary/aromatic N) is 2. The van der Waals surface area contributed by atoms with E-state index >= 15 is 0 Å². The highest BCUT2D eigenvalue weighted by molar-refractivity contribution is 7.92. The van der Waals surface area contributed by atoms with Gasteiger partial charge < -0.3 is 4.74 Å². The lowest BCUT2D eigenvalue weighted by Crippen LogP contribution is -2.17. The van der Waals surface area contributed by atoms with Crippen LogP contribution in [0.1, 0.15) is 47.6 Å². The van der Waals surface area contributed by atoms with Crippen molar-refractivity contribution in [2.75, 3.05) is 17.1 Å². The van der Waals surface area contributed by atoms with E-state index in [0.717, 1.165) is 36.3 Å². The summed E-state index contributed by atoms with van der Waals surface area (Å²) >= 11 is 1.31. The lowest BCUT2D eigenvalue weighted by Gasteiger charge is -2.13. The van der Waals surface area contributed by atoms with E-state index in [0.29, 0.717) is 10.8 Å². The van der Waals surface area contributed by atoms with Crippen molar-refractivity contribution in [2.45, 2.75) is 44.4 Å². The van der Waals surface area contributed by atoms with Crippen molar-refractivity contribution in [1.29, 1.82) is 0 Å². The second-order valence-electron chi connectivity index (χ2n) is 7.08. The summed E-state index contributed by atoms with van der Waals surface area (Å²) in [6.07, 6.45) is 3.70. The molecule has 170 valence electrons. The molecule has 0 saturated heterocycles. The third-order valence-corrected chi connectivity index (χ3v) is 7.06. The molecular weight excluding hydrogens is 448 g/mol. The summed E-state index contributed by atoms with van der Waals surface area (Å²) in [4.78, 5) is 12.6. The Balaban J connectivity index is 1.82. The first-order valence-corrected chi connectivity index (χ1v) is 12.6. The normalized spacial score (nSPS) is 11.2. The summed E-state index contributed by atoms with van der Waals surface area (Å²) in [7, 11) is -2.61. The number of methoxy groups -OCH3 is 1. The molecule has 0 aliphatic heterocycles. The zero-order valence-corrected chi connectivity index (χ0v) is 19.8. The van der Waals surface area contributed by atoms with Crippen LogP contribution in [0.2, 0.25) is 0 Å². The minimum absolute atomic E-state index is 0.131. The fraction of sp³-hybridized carbons (Fsp3) is 0.318. The van der Waals surface area contributed by atoms with Gasteiger partial charge in [0.2, 0.25) is 5.13 Å². The number of carbonyl (C=O) groups excluding carboxylic acids is 1. The van der Waals surface area contributed by atoms with Gasteiger partial charge in [0.05, 0.1) is 7.11 Å². The van der Waals surface area contributed by atoms with Crippen molar-refractivity contribution >= 4 is 38.1 Å². The molecule has 1 amide bonds. The first-order valence-electron chi connectivity index (χ1n) is 10.3. The number of carbonyl (C=O) groups is 1. The molecule has 3 rings (SSSR count). The Labute approximate surface area is 192 Å². The lowest BCUT2D eigenvalue weighted by molar-refractivity contribution is 0.102. The molecule has 3 aromatic rings. The highest BCUT2D eigenvalue weighted by atomic mass is 32.2. The number of aromatic nitrogens is 2. The van der Waals surface area contributed by atoms with Crippen LogP contribution >= 0.6 is 11.3 Å². The van der Waals surface area contributed by atoms with Gasteiger partial charge in [-0.3, -0.25) is 14.8 Å². The van der Waals surface area contributed by atoms with Crippen LogP contribution in [0.15, 0.2) is 47.4 Å². The first kappa shape index (κ1) is 23.7. The van der Waals surface area contributed by atoms with Gasteiger partial charge in [0.1, 0.15) is 15.7 Å². The Bertz CT molecular complexity index is 1170. The van der Waals surface area contributed by atoms with Gasteiger partial charge in [-0.15, -0.1) is 10.2 Å². The van der Waals surface area contributed by atoms with E-state index in [4.69, 9.17) is 4.74 Å². The zero-order chi connectivity index (χ0) is 23.1. The van der Waals surface area contributed by atoms with E-state index in [1.165, 1.54) is 36.6 Å². The molecule has 32 heavy (non-hydrogen) atoms. The lowest BCUT2D eigenvalue weighted by atomic mass is 10.2. The number of sulfonamides is 1. The molecule has 1 aromatic heterocycles. The third kappa shape index (κ3) is 5.83. The molecule has 0 radical (unpaired) electrons. The molecule has 0 unspecified atom stereocenters. The summed E-state index contributed by atoms with van der Waals surface area (Å²) in [5, 5.41) is 12.0. The Hall–Kier alpha value is -2.98. The van der Waals surface area contributed by atoms with Gasteiger partial charge in [-0.1, -0.05) is 43.7 Å². The van der Waals surface area contributed by atoms with Crippen LogP contribution in [0.25, 0.3) is 0 Å². The van der Waals surface area contributed by atoms with Gasteiger partial charge in [0, 0.05) is 17.7 Å². The van der Waals surface area contributed by atoms with Crippen molar-refractivity contribution in [3.8, 4) is 5.75 Å². The van der Waals surface area contributed by atoms with E-state index in [1.54, 1.807) is 12.1 Å². The van der Waals surface area contributed by atoms with Gasteiger partial charge in [0.15, 0.2) is 0 Å². The molecule has 8 nitrogen and oxygen atoms in total. The number of rotatable bonds is 10. The molecule has 2 N–H and O–H groups in total. The molecule has 10 heteroatoms. The number of aryl methyl sites for hydroxylation is 2. The quantitative estimate of drug-likeness (QED) is 0.447. The van der Waals surface area contributed by atoms with Crippen LogP contribution in [0.4, 0.5) is 10.8 Å². The van der Waals surface area contributed by atoms with Crippen molar-refractivity contribution in [1.82, 2.24) is 10.2 Å². The molecule has 0 aliphatic carbocycles. The molecule has 0 fully saturated rings. The molecule has 2 aromatic carbocycles. The number of amides is 1. The third-order valence-electron chi connectivity index (χ3n) is 4.76. The number of unbranched alkanes of at least 4 members (excludes halogenated alkanes) is 1. The fourth-order valence-electron chi connectivity index (χ4n) is 2.95. The smallest absolute Gasteiger partial charge is 0.265 e. The average Bonchev–Trinajstić information content (AvgIpc) is 3.24. The first-order chi connectivity index (χ1) is 15.4. The summed E-state index contributed by atoms with van der Waals surface area (Å²) in [5.74, 6) is -0.341. The summed E-state index contributed by atoms with van der Waals surface area (Å²) in [6.45, 7) is 4.11. The Morgan fingerprint density at radius 1 is 1.09 bits per heavy atom. The number of anilines is 2. The van der Waals surface area contributed by atoms with E-state index in [2.05, 4.69) is 27.2 Å². The Morgan fingerprint density at radius 3 is 2.50 bits per heavy atom. The van der Waals surface area contributed by atoms with Gasteiger partial charge in [0.25, 0.3) is 15.9 Å². The maximum atomic E-state index is 13.0. The minimum Gasteiger partial charge on any atom is -0.495 e. The number of ether oxygens (including phenoxy) is 1. The molecule has 0 saturated carbocycles. The van der Waals surface area contributed by atoms with Gasteiger partial charge >= 0.3 is 0 Å². The highest BCUT2D eigenvalue weighted by Crippen LogP contribution is 2.28. The fourth-order valence-corrected chi connectivity index (χ4v) is 4.98. The van der Waals surface area contributed by atoms with Crippen LogP contribution < -0.4 is 14.8 Å². The van der Waals surface area contributed by atoms with E-state index in [-0.39, 0.29) is 16.2 Å². The number of hydrogen-bond donors (Lipinski definition) is 2. The highest BCUT2D eigenvalue weighted by Gasteiger charge is 2.22. The van der Waals surface area contributed by atoms with Crippen molar-refractivity contribution in [2.24, 2.45) is 0 Å². The van der Waals surface area contributed by atoms with E-state index in [1.807, 2.05) is 19.1 Å². The molecule has 0 aliphatic rings. The molecule has 0 spiro atoms. The van der Waals surface area contributed by atoms with Crippen LogP contribution in [-0.2, 0) is 22.9 Å². The molecule has 0 atom stereocenters. The van der Waals surface area contributed by atoms with Gasteiger partial charge in [-0.05, 0) is 48.7 Å². The number of nitrogens with one attached hydrogen (secondary N) is 2. The van der Waals surface area contributed by atoms with Crippen LogP contribution in [0.3, 0.4) is 0 Å². The number of benzene rings is 2. The molecular formula is C22H26N4O4S2. The van der Waals surface area contributed by atoms with Gasteiger partial charge in [-0.2, -0.15) is 0 Å². The molecule has 0 bridgehead atoms. The molecule has 1 heterocycles. The summed E-state index contributed by atoms with van der Waals surface area (Å²) in [6, 6.07) is 11.4. The predicted molar refractivity (Wildman–Crippen MR) is 126 cm³/mol. The minimum atomic E-state index is -3.99. The maximum Gasteiger partial charge on any atom is 0.265 e. The zero-order valence-electron chi connectivity index (χ0n) is 18.2. The van der Waals surface area contributed by atoms with Crippen LogP contribution in [-0.4, -0.2) is 31.6 Å². The maximum absolute atomic E-state index is 13.0. The standard InChI is InChI=1S/C22H26N4O4S2/c1-4-6-7-20-24-25-22(31-20)23-21(27)16-10-13-18(30-3)19(14-16)32(28,29)26-17-11-8-15(5-2)9-12-17/h8-14,26H,4-7H2,1-3H3,(H,23,25,27). The van der Waals surface area contributed by atoms with E-state index < -0.39 is 15.9 Å². The van der Waals surface area contributed by atoms with Crippen LogP contribution in [0.5, 0.6) is 5.75 Å². The van der Waals surface area contributed by atoms with Crippen LogP contribution in [0, 0.1) is 0 Å². The monoisotopic (exact) mass is 474 g/mol. The SMILES string of the molecule is CCCCc1nnc(NC(=O)c2ccc(OC)c(S(=O)(=O)Nc3ccc(CC)cc3)c2)s1.